The highest BCUT2D eigenvalue weighted by atomic mass is 32.1. The van der Waals surface area contributed by atoms with E-state index in [0.717, 1.165) is 32.4 Å². The molecule has 5 heteroatoms. The molecule has 3 atom stereocenters. The van der Waals surface area contributed by atoms with Crippen LogP contribution in [0.1, 0.15) is 34.9 Å². The van der Waals surface area contributed by atoms with Crippen molar-refractivity contribution in [1.29, 1.82) is 0 Å². The van der Waals surface area contributed by atoms with Gasteiger partial charge < -0.3 is 4.90 Å². The summed E-state index contributed by atoms with van der Waals surface area (Å²) in [5, 5.41) is 4.28. The number of amides is 1. The minimum absolute atomic E-state index is 0.219. The van der Waals surface area contributed by atoms with Crippen molar-refractivity contribution in [3.05, 3.63) is 40.3 Å². The van der Waals surface area contributed by atoms with E-state index in [0.29, 0.717) is 17.9 Å². The molecule has 22 heavy (non-hydrogen) atoms. The van der Waals surface area contributed by atoms with Gasteiger partial charge in [-0.3, -0.25) is 9.48 Å². The van der Waals surface area contributed by atoms with Gasteiger partial charge in [0.1, 0.15) is 0 Å². The highest BCUT2D eigenvalue weighted by molar-refractivity contribution is 7.12. The fraction of sp³-hybridized carbons (Fsp3) is 0.529. The summed E-state index contributed by atoms with van der Waals surface area (Å²) in [5.41, 5.74) is 0. The molecule has 2 aliphatic rings. The summed E-state index contributed by atoms with van der Waals surface area (Å²) >= 11 is 1.84. The van der Waals surface area contributed by atoms with Gasteiger partial charge in [0.15, 0.2) is 0 Å². The van der Waals surface area contributed by atoms with Gasteiger partial charge in [0, 0.05) is 40.5 Å². The van der Waals surface area contributed by atoms with Crippen LogP contribution in [0.5, 0.6) is 0 Å². The Morgan fingerprint density at radius 1 is 1.45 bits per heavy atom. The van der Waals surface area contributed by atoms with Gasteiger partial charge in [0.25, 0.3) is 0 Å². The van der Waals surface area contributed by atoms with Crippen LogP contribution in [0.4, 0.5) is 0 Å². The van der Waals surface area contributed by atoms with Crippen LogP contribution in [0.3, 0.4) is 0 Å². The van der Waals surface area contributed by atoms with E-state index in [2.05, 4.69) is 29.1 Å². The van der Waals surface area contributed by atoms with Crippen LogP contribution >= 0.6 is 11.3 Å². The molecule has 4 rings (SSSR count). The lowest BCUT2D eigenvalue weighted by Gasteiger charge is -2.25. The second-order valence-electron chi connectivity index (χ2n) is 6.45. The first kappa shape index (κ1) is 14.0. The molecule has 1 saturated carbocycles. The van der Waals surface area contributed by atoms with E-state index >= 15 is 0 Å². The standard InChI is InChI=1S/C17H21N3OS/c1-12-5-6-16(22-12)14-10-15(14)17(21)20-9-2-4-13(20)11-19-8-3-7-18-19/h3,5-8,13-15H,2,4,9-11H2,1H3. The summed E-state index contributed by atoms with van der Waals surface area (Å²) in [6, 6.07) is 6.62. The van der Waals surface area contributed by atoms with Crippen molar-refractivity contribution in [2.75, 3.05) is 6.54 Å². The normalized spacial score (nSPS) is 27.3. The largest absolute Gasteiger partial charge is 0.338 e. The van der Waals surface area contributed by atoms with Crippen LogP contribution in [-0.4, -0.2) is 33.2 Å². The highest BCUT2D eigenvalue weighted by Gasteiger charge is 2.48. The van der Waals surface area contributed by atoms with E-state index < -0.39 is 0 Å². The van der Waals surface area contributed by atoms with Crippen molar-refractivity contribution in [1.82, 2.24) is 14.7 Å². The Bertz CT molecular complexity index is 663. The number of aromatic nitrogens is 2. The Hall–Kier alpha value is -1.62. The molecular weight excluding hydrogens is 294 g/mol. The van der Waals surface area contributed by atoms with Crippen LogP contribution in [0.25, 0.3) is 0 Å². The fourth-order valence-electron chi connectivity index (χ4n) is 3.59. The Morgan fingerprint density at radius 2 is 2.36 bits per heavy atom. The van der Waals surface area contributed by atoms with Crippen LogP contribution in [0.2, 0.25) is 0 Å². The monoisotopic (exact) mass is 315 g/mol. The van der Waals surface area contributed by atoms with Crippen molar-refractivity contribution in [3.8, 4) is 0 Å². The second kappa shape index (κ2) is 5.54. The van der Waals surface area contributed by atoms with Gasteiger partial charge in [-0.25, -0.2) is 0 Å². The third kappa shape index (κ3) is 2.58. The molecule has 3 unspecified atom stereocenters. The van der Waals surface area contributed by atoms with E-state index in [1.807, 2.05) is 28.3 Å². The molecule has 2 aromatic heterocycles. The molecule has 2 aromatic rings. The van der Waals surface area contributed by atoms with Crippen LogP contribution < -0.4 is 0 Å². The van der Waals surface area contributed by atoms with Gasteiger partial charge in [-0.1, -0.05) is 0 Å². The van der Waals surface area contributed by atoms with E-state index in [1.54, 1.807) is 6.20 Å². The number of hydrogen-bond acceptors (Lipinski definition) is 3. The topological polar surface area (TPSA) is 38.1 Å². The maximum Gasteiger partial charge on any atom is 0.226 e. The van der Waals surface area contributed by atoms with Gasteiger partial charge in [0.2, 0.25) is 5.91 Å². The molecular formula is C17H21N3OS. The van der Waals surface area contributed by atoms with Gasteiger partial charge in [-0.05, 0) is 44.4 Å². The second-order valence-corrected chi connectivity index (χ2v) is 7.77. The molecule has 3 heterocycles. The SMILES string of the molecule is Cc1ccc(C2CC2C(=O)N2CCCC2Cn2cccn2)s1. The van der Waals surface area contributed by atoms with Crippen LogP contribution in [0, 0.1) is 12.8 Å². The Kier molecular flexibility index (Phi) is 3.53. The lowest BCUT2D eigenvalue weighted by atomic mass is 10.2. The molecule has 1 amide bonds. The van der Waals surface area contributed by atoms with Gasteiger partial charge >= 0.3 is 0 Å². The van der Waals surface area contributed by atoms with Gasteiger partial charge in [0.05, 0.1) is 12.6 Å². The number of likely N-dealkylation sites (tertiary alicyclic amines) is 1. The molecule has 0 aromatic carbocycles. The molecule has 2 fully saturated rings. The molecule has 116 valence electrons. The number of thiophene rings is 1. The van der Waals surface area contributed by atoms with Crippen molar-refractivity contribution < 1.29 is 4.79 Å². The summed E-state index contributed by atoms with van der Waals surface area (Å²) < 4.78 is 1.95. The molecule has 0 radical (unpaired) electrons. The van der Waals surface area contributed by atoms with Crippen molar-refractivity contribution in [3.63, 3.8) is 0 Å². The predicted octanol–water partition coefficient (Wildman–Crippen LogP) is 3.05. The third-order valence-corrected chi connectivity index (χ3v) is 5.98. The molecule has 1 aliphatic carbocycles. The lowest BCUT2D eigenvalue weighted by molar-refractivity contribution is -0.133. The molecule has 0 N–H and O–H groups in total. The number of carbonyl (C=O) groups excluding carboxylic acids is 1. The zero-order valence-electron chi connectivity index (χ0n) is 12.8. The van der Waals surface area contributed by atoms with Crippen LogP contribution in [-0.2, 0) is 11.3 Å². The molecule has 1 saturated heterocycles. The zero-order valence-corrected chi connectivity index (χ0v) is 13.6. The summed E-state index contributed by atoms with van der Waals surface area (Å²) in [6.45, 7) is 3.87. The van der Waals surface area contributed by atoms with E-state index in [-0.39, 0.29) is 5.92 Å². The van der Waals surface area contributed by atoms with Crippen LogP contribution in [0.15, 0.2) is 30.6 Å². The number of aryl methyl sites for hydroxylation is 1. The maximum atomic E-state index is 12.8. The highest BCUT2D eigenvalue weighted by Crippen LogP contribution is 2.51. The molecule has 0 bridgehead atoms. The summed E-state index contributed by atoms with van der Waals surface area (Å²) in [5.74, 6) is 1.05. The first-order valence-corrected chi connectivity index (χ1v) is 8.88. The lowest BCUT2D eigenvalue weighted by Crippen LogP contribution is -2.39. The Morgan fingerprint density at radius 3 is 3.09 bits per heavy atom. The Balaban J connectivity index is 1.42. The first-order valence-electron chi connectivity index (χ1n) is 8.06. The van der Waals surface area contributed by atoms with E-state index in [4.69, 9.17) is 0 Å². The third-order valence-electron chi connectivity index (χ3n) is 4.85. The smallest absolute Gasteiger partial charge is 0.226 e. The quantitative estimate of drug-likeness (QED) is 0.870. The minimum atomic E-state index is 0.219. The van der Waals surface area contributed by atoms with Crippen molar-refractivity contribution >= 4 is 17.2 Å². The number of rotatable bonds is 4. The summed E-state index contributed by atoms with van der Waals surface area (Å²) in [7, 11) is 0. The molecule has 4 nitrogen and oxygen atoms in total. The number of carbonyl (C=O) groups is 1. The molecule has 1 aliphatic heterocycles. The fourth-order valence-corrected chi connectivity index (χ4v) is 4.64. The maximum absolute atomic E-state index is 12.8. The average Bonchev–Trinajstić information content (AvgIpc) is 2.91. The Labute approximate surface area is 134 Å². The first-order chi connectivity index (χ1) is 10.7. The van der Waals surface area contributed by atoms with Gasteiger partial charge in [-0.2, -0.15) is 5.10 Å². The van der Waals surface area contributed by atoms with Gasteiger partial charge in [-0.15, -0.1) is 11.3 Å². The van der Waals surface area contributed by atoms with E-state index in [1.165, 1.54) is 9.75 Å². The van der Waals surface area contributed by atoms with E-state index in [9.17, 15) is 4.79 Å². The number of nitrogens with zero attached hydrogens (tertiary/aromatic N) is 3. The van der Waals surface area contributed by atoms with Crippen molar-refractivity contribution in [2.45, 2.75) is 44.7 Å². The summed E-state index contributed by atoms with van der Waals surface area (Å²) in [4.78, 5) is 17.7. The summed E-state index contributed by atoms with van der Waals surface area (Å²) in [6.07, 6.45) is 7.03. The minimum Gasteiger partial charge on any atom is -0.338 e. The number of hydrogen-bond donors (Lipinski definition) is 0. The predicted molar refractivity (Wildman–Crippen MR) is 86.9 cm³/mol. The average molecular weight is 315 g/mol. The zero-order chi connectivity index (χ0) is 15.1. The molecule has 0 spiro atoms. The van der Waals surface area contributed by atoms with Crippen molar-refractivity contribution in [2.24, 2.45) is 5.92 Å².